The predicted molar refractivity (Wildman–Crippen MR) is 95.9 cm³/mol. The summed E-state index contributed by atoms with van der Waals surface area (Å²) in [6, 6.07) is 2.95. The normalized spacial score (nSPS) is 16.2. The van der Waals surface area contributed by atoms with Gasteiger partial charge in [-0.15, -0.1) is 0 Å². The van der Waals surface area contributed by atoms with Crippen LogP contribution >= 0.6 is 34.8 Å². The molecule has 0 saturated carbocycles. The van der Waals surface area contributed by atoms with Crippen LogP contribution < -0.4 is 4.74 Å². The highest BCUT2D eigenvalue weighted by molar-refractivity contribution is 6.40. The molecule has 0 atom stereocenters. The number of amides is 1. The molecule has 24 heavy (non-hydrogen) atoms. The number of piperidine rings is 1. The third kappa shape index (κ3) is 4.56. The Balaban J connectivity index is 1.98. The van der Waals surface area contributed by atoms with E-state index >= 15 is 0 Å². The molecule has 1 aliphatic rings. The average molecular weight is 393 g/mol. The average Bonchev–Trinajstić information content (AvgIpc) is 2.49. The molecule has 0 bridgehead atoms. The van der Waals surface area contributed by atoms with E-state index in [1.165, 1.54) is 12.1 Å². The minimum Gasteiger partial charge on any atom is -0.423 e. The summed E-state index contributed by atoms with van der Waals surface area (Å²) in [5.74, 6) is -0.445. The zero-order valence-corrected chi connectivity index (χ0v) is 16.1. The molecule has 0 N–H and O–H groups in total. The van der Waals surface area contributed by atoms with Crippen LogP contribution in [-0.2, 0) is 9.59 Å². The van der Waals surface area contributed by atoms with Gasteiger partial charge in [-0.1, -0.05) is 55.6 Å². The van der Waals surface area contributed by atoms with Crippen LogP contribution in [0.2, 0.25) is 15.1 Å². The highest BCUT2D eigenvalue weighted by Crippen LogP contribution is 2.36. The van der Waals surface area contributed by atoms with E-state index < -0.39 is 5.41 Å². The molecule has 0 spiro atoms. The monoisotopic (exact) mass is 391 g/mol. The molecule has 1 aromatic carbocycles. The molecular formula is C17H20Cl3NO3. The van der Waals surface area contributed by atoms with Gasteiger partial charge in [0.25, 0.3) is 0 Å². The van der Waals surface area contributed by atoms with Crippen LogP contribution in [0, 0.1) is 11.3 Å². The van der Waals surface area contributed by atoms with E-state index in [4.69, 9.17) is 39.5 Å². The van der Waals surface area contributed by atoms with Crippen molar-refractivity contribution in [1.29, 1.82) is 0 Å². The minimum absolute atomic E-state index is 0.0955. The van der Waals surface area contributed by atoms with Gasteiger partial charge >= 0.3 is 5.97 Å². The quantitative estimate of drug-likeness (QED) is 0.534. The fourth-order valence-electron chi connectivity index (χ4n) is 2.60. The summed E-state index contributed by atoms with van der Waals surface area (Å²) in [6.07, 6.45) is 1.12. The Kier molecular flexibility index (Phi) is 6.05. The third-order valence-corrected chi connectivity index (χ3v) is 4.70. The van der Waals surface area contributed by atoms with Gasteiger partial charge in [0.1, 0.15) is 0 Å². The molecule has 1 amide bonds. The van der Waals surface area contributed by atoms with Crippen molar-refractivity contribution in [2.24, 2.45) is 11.3 Å². The number of carbonyl (C=O) groups excluding carboxylic acids is 2. The molecule has 7 heteroatoms. The minimum atomic E-state index is -0.419. The Labute approximate surface area is 157 Å². The number of carbonyl (C=O) groups is 2. The summed E-state index contributed by atoms with van der Waals surface area (Å²) in [5.41, 5.74) is -0.419. The van der Waals surface area contributed by atoms with E-state index in [1.54, 1.807) is 4.90 Å². The van der Waals surface area contributed by atoms with Crippen molar-refractivity contribution in [2.75, 3.05) is 13.1 Å². The van der Waals surface area contributed by atoms with Crippen LogP contribution in [-0.4, -0.2) is 29.9 Å². The van der Waals surface area contributed by atoms with E-state index in [1.807, 2.05) is 20.8 Å². The highest BCUT2D eigenvalue weighted by Gasteiger charge is 2.33. The van der Waals surface area contributed by atoms with Crippen LogP contribution in [0.4, 0.5) is 0 Å². The van der Waals surface area contributed by atoms with Gasteiger partial charge in [-0.3, -0.25) is 9.59 Å². The van der Waals surface area contributed by atoms with Crippen LogP contribution in [0.15, 0.2) is 12.1 Å². The van der Waals surface area contributed by atoms with E-state index in [0.29, 0.717) is 31.0 Å². The summed E-state index contributed by atoms with van der Waals surface area (Å²) in [5, 5.41) is 0.765. The van der Waals surface area contributed by atoms with Crippen molar-refractivity contribution in [3.05, 3.63) is 27.2 Å². The van der Waals surface area contributed by atoms with Crippen LogP contribution in [0.5, 0.6) is 5.75 Å². The number of hydrogen-bond acceptors (Lipinski definition) is 3. The predicted octanol–water partition coefficient (Wildman–Crippen LogP) is 4.84. The number of nitrogens with zero attached hydrogens (tertiary/aromatic N) is 1. The number of rotatable bonds is 2. The van der Waals surface area contributed by atoms with Crippen LogP contribution in [0.1, 0.15) is 33.6 Å². The van der Waals surface area contributed by atoms with Crippen molar-refractivity contribution in [1.82, 2.24) is 4.90 Å². The molecule has 1 aliphatic heterocycles. The first-order chi connectivity index (χ1) is 11.1. The molecule has 1 heterocycles. The Morgan fingerprint density at radius 2 is 1.58 bits per heavy atom. The molecule has 0 radical (unpaired) electrons. The maximum Gasteiger partial charge on any atom is 0.314 e. The number of ether oxygens (including phenoxy) is 1. The molecule has 1 fully saturated rings. The van der Waals surface area contributed by atoms with E-state index in [9.17, 15) is 9.59 Å². The molecule has 0 unspecified atom stereocenters. The second-order valence-electron chi connectivity index (χ2n) is 6.94. The van der Waals surface area contributed by atoms with Gasteiger partial charge in [0.05, 0.1) is 16.0 Å². The maximum absolute atomic E-state index is 12.4. The fourth-order valence-corrected chi connectivity index (χ4v) is 3.50. The van der Waals surface area contributed by atoms with Crippen molar-refractivity contribution >= 4 is 46.7 Å². The topological polar surface area (TPSA) is 46.6 Å². The lowest BCUT2D eigenvalue weighted by Crippen LogP contribution is -2.45. The molecule has 132 valence electrons. The Hall–Kier alpha value is -0.970. The highest BCUT2D eigenvalue weighted by atomic mass is 35.5. The van der Waals surface area contributed by atoms with Gasteiger partial charge in [0.2, 0.25) is 5.91 Å². The third-order valence-electron chi connectivity index (χ3n) is 3.92. The van der Waals surface area contributed by atoms with Gasteiger partial charge in [-0.2, -0.15) is 0 Å². The summed E-state index contributed by atoms with van der Waals surface area (Å²) >= 11 is 17.9. The zero-order valence-electron chi connectivity index (χ0n) is 13.9. The van der Waals surface area contributed by atoms with Crippen molar-refractivity contribution in [3.8, 4) is 5.75 Å². The lowest BCUT2D eigenvalue weighted by molar-refractivity contribution is -0.146. The molecule has 1 saturated heterocycles. The standard InChI is InChI=1S/C17H20Cl3NO3/c1-17(2,3)16(23)21-6-4-10(5-7-21)15(22)24-14-12(19)8-11(18)9-13(14)20/h8-10H,4-7H2,1-3H3. The lowest BCUT2D eigenvalue weighted by Gasteiger charge is -2.34. The first kappa shape index (κ1) is 19.4. The van der Waals surface area contributed by atoms with Crippen molar-refractivity contribution in [2.45, 2.75) is 33.6 Å². The number of likely N-dealkylation sites (tertiary alicyclic amines) is 1. The maximum atomic E-state index is 12.4. The second-order valence-corrected chi connectivity index (χ2v) is 8.19. The molecule has 2 rings (SSSR count). The second kappa shape index (κ2) is 7.51. The van der Waals surface area contributed by atoms with Crippen LogP contribution in [0.3, 0.4) is 0 Å². The SMILES string of the molecule is CC(C)(C)C(=O)N1CCC(C(=O)Oc2c(Cl)cc(Cl)cc2Cl)CC1. The Morgan fingerprint density at radius 1 is 1.08 bits per heavy atom. The number of hydrogen-bond donors (Lipinski definition) is 0. The summed E-state index contributed by atoms with van der Waals surface area (Å²) < 4.78 is 5.37. The summed E-state index contributed by atoms with van der Waals surface area (Å²) in [4.78, 5) is 26.4. The van der Waals surface area contributed by atoms with Gasteiger partial charge in [-0.25, -0.2) is 0 Å². The first-order valence-electron chi connectivity index (χ1n) is 7.75. The smallest absolute Gasteiger partial charge is 0.314 e. The van der Waals surface area contributed by atoms with Gasteiger partial charge in [0, 0.05) is 23.5 Å². The first-order valence-corrected chi connectivity index (χ1v) is 8.88. The zero-order chi connectivity index (χ0) is 18.1. The van der Waals surface area contributed by atoms with Crippen molar-refractivity contribution < 1.29 is 14.3 Å². The number of esters is 1. The van der Waals surface area contributed by atoms with E-state index in [-0.39, 0.29) is 33.6 Å². The number of benzene rings is 1. The lowest BCUT2D eigenvalue weighted by atomic mass is 9.91. The van der Waals surface area contributed by atoms with E-state index in [2.05, 4.69) is 0 Å². The molecule has 4 nitrogen and oxygen atoms in total. The van der Waals surface area contributed by atoms with Gasteiger partial charge in [-0.05, 0) is 25.0 Å². The molecule has 0 aromatic heterocycles. The molecular weight excluding hydrogens is 373 g/mol. The van der Waals surface area contributed by atoms with Gasteiger partial charge in [0.15, 0.2) is 5.75 Å². The molecule has 1 aromatic rings. The fraction of sp³-hybridized carbons (Fsp3) is 0.529. The largest absolute Gasteiger partial charge is 0.423 e. The van der Waals surface area contributed by atoms with Crippen LogP contribution in [0.25, 0.3) is 0 Å². The summed E-state index contributed by atoms with van der Waals surface area (Å²) in [6.45, 7) is 6.75. The van der Waals surface area contributed by atoms with E-state index in [0.717, 1.165) is 0 Å². The summed E-state index contributed by atoms with van der Waals surface area (Å²) in [7, 11) is 0. The number of halogens is 3. The molecule has 0 aliphatic carbocycles. The Morgan fingerprint density at radius 3 is 2.04 bits per heavy atom. The van der Waals surface area contributed by atoms with Gasteiger partial charge < -0.3 is 9.64 Å². The van der Waals surface area contributed by atoms with Crippen molar-refractivity contribution in [3.63, 3.8) is 0 Å². The Bertz CT molecular complexity index is 624.